The smallest absolute Gasteiger partial charge is 0.164 e. The Kier molecular flexibility index (Phi) is 6.59. The molecule has 0 bridgehead atoms. The molecule has 4 nitrogen and oxygen atoms in total. The highest BCUT2D eigenvalue weighted by atomic mass is 16.5. The molecule has 1 aliphatic rings. The molecule has 122 valence electrons. The third-order valence-corrected chi connectivity index (χ3v) is 4.11. The SMILES string of the molecule is COc1cc(OC)c(OC)cc1CNCCC1=CCCCC1. The Labute approximate surface area is 133 Å². The zero-order valence-corrected chi connectivity index (χ0v) is 13.9. The summed E-state index contributed by atoms with van der Waals surface area (Å²) in [5, 5.41) is 3.50. The van der Waals surface area contributed by atoms with Gasteiger partial charge >= 0.3 is 0 Å². The number of methoxy groups -OCH3 is 3. The molecule has 0 spiro atoms. The van der Waals surface area contributed by atoms with Crippen molar-refractivity contribution in [2.24, 2.45) is 0 Å². The first-order valence-electron chi connectivity index (χ1n) is 7.96. The van der Waals surface area contributed by atoms with E-state index in [1.165, 1.54) is 25.7 Å². The summed E-state index contributed by atoms with van der Waals surface area (Å²) in [6.45, 7) is 1.75. The van der Waals surface area contributed by atoms with Gasteiger partial charge in [-0.2, -0.15) is 0 Å². The topological polar surface area (TPSA) is 39.7 Å². The highest BCUT2D eigenvalue weighted by molar-refractivity contribution is 5.50. The van der Waals surface area contributed by atoms with Gasteiger partial charge in [-0.25, -0.2) is 0 Å². The van der Waals surface area contributed by atoms with Crippen LogP contribution in [-0.4, -0.2) is 27.9 Å². The predicted molar refractivity (Wildman–Crippen MR) is 89.0 cm³/mol. The second-order valence-electron chi connectivity index (χ2n) is 5.55. The first kappa shape index (κ1) is 16.7. The minimum Gasteiger partial charge on any atom is -0.496 e. The number of allylic oxidation sites excluding steroid dienone is 1. The Balaban J connectivity index is 1.92. The van der Waals surface area contributed by atoms with Crippen molar-refractivity contribution in [1.82, 2.24) is 5.32 Å². The number of hydrogen-bond donors (Lipinski definition) is 1. The van der Waals surface area contributed by atoms with Crippen molar-refractivity contribution >= 4 is 0 Å². The standard InChI is InChI=1S/C18H27NO3/c1-20-16-12-18(22-3)17(21-2)11-15(16)13-19-10-9-14-7-5-4-6-8-14/h7,11-12,19H,4-6,8-10,13H2,1-3H3. The molecule has 0 saturated heterocycles. The molecule has 22 heavy (non-hydrogen) atoms. The molecular formula is C18H27NO3. The second kappa shape index (κ2) is 8.69. The zero-order chi connectivity index (χ0) is 15.8. The van der Waals surface area contributed by atoms with E-state index in [0.29, 0.717) is 5.75 Å². The summed E-state index contributed by atoms with van der Waals surface area (Å²) in [6.07, 6.45) is 8.74. The molecule has 0 saturated carbocycles. The van der Waals surface area contributed by atoms with E-state index in [-0.39, 0.29) is 0 Å². The second-order valence-corrected chi connectivity index (χ2v) is 5.55. The molecule has 2 rings (SSSR count). The van der Waals surface area contributed by atoms with Crippen molar-refractivity contribution in [3.8, 4) is 17.2 Å². The van der Waals surface area contributed by atoms with Crippen molar-refractivity contribution < 1.29 is 14.2 Å². The number of hydrogen-bond acceptors (Lipinski definition) is 4. The highest BCUT2D eigenvalue weighted by Crippen LogP contribution is 2.34. The maximum atomic E-state index is 5.45. The van der Waals surface area contributed by atoms with Gasteiger partial charge in [-0.15, -0.1) is 0 Å². The van der Waals surface area contributed by atoms with Gasteiger partial charge in [0.05, 0.1) is 21.3 Å². The van der Waals surface area contributed by atoms with Crippen LogP contribution in [0.5, 0.6) is 17.2 Å². The van der Waals surface area contributed by atoms with Crippen molar-refractivity contribution in [3.63, 3.8) is 0 Å². The fourth-order valence-electron chi connectivity index (χ4n) is 2.83. The minimum absolute atomic E-state index is 0.690. The van der Waals surface area contributed by atoms with E-state index < -0.39 is 0 Å². The van der Waals surface area contributed by atoms with Gasteiger partial charge in [-0.1, -0.05) is 11.6 Å². The van der Waals surface area contributed by atoms with Gasteiger partial charge in [0.15, 0.2) is 11.5 Å². The largest absolute Gasteiger partial charge is 0.496 e. The fraction of sp³-hybridized carbons (Fsp3) is 0.556. The van der Waals surface area contributed by atoms with E-state index in [9.17, 15) is 0 Å². The Morgan fingerprint density at radius 1 is 0.955 bits per heavy atom. The Bertz CT molecular complexity index is 511. The van der Waals surface area contributed by atoms with E-state index in [1.54, 1.807) is 26.9 Å². The summed E-state index contributed by atoms with van der Waals surface area (Å²) >= 11 is 0. The van der Waals surface area contributed by atoms with Crippen molar-refractivity contribution in [1.29, 1.82) is 0 Å². The molecule has 0 fully saturated rings. The quantitative estimate of drug-likeness (QED) is 0.587. The molecule has 0 aromatic heterocycles. The average Bonchev–Trinajstić information content (AvgIpc) is 2.58. The van der Waals surface area contributed by atoms with Gasteiger partial charge < -0.3 is 19.5 Å². The van der Waals surface area contributed by atoms with Crippen molar-refractivity contribution in [3.05, 3.63) is 29.3 Å². The van der Waals surface area contributed by atoms with Crippen molar-refractivity contribution in [2.45, 2.75) is 38.6 Å². The lowest BCUT2D eigenvalue weighted by Crippen LogP contribution is -2.16. The molecule has 4 heteroatoms. The van der Waals surface area contributed by atoms with E-state index in [2.05, 4.69) is 11.4 Å². The van der Waals surface area contributed by atoms with E-state index in [0.717, 1.165) is 36.6 Å². The van der Waals surface area contributed by atoms with Crippen LogP contribution in [0.25, 0.3) is 0 Å². The Hall–Kier alpha value is -1.68. The number of rotatable bonds is 8. The van der Waals surface area contributed by atoms with Crippen LogP contribution in [0.2, 0.25) is 0 Å². The van der Waals surface area contributed by atoms with Crippen LogP contribution < -0.4 is 19.5 Å². The van der Waals surface area contributed by atoms with Crippen LogP contribution in [-0.2, 0) is 6.54 Å². The summed E-state index contributed by atoms with van der Waals surface area (Å²) < 4.78 is 16.1. The Morgan fingerprint density at radius 3 is 2.32 bits per heavy atom. The van der Waals surface area contributed by atoms with Gasteiger partial charge in [0.2, 0.25) is 0 Å². The zero-order valence-electron chi connectivity index (χ0n) is 13.9. The van der Waals surface area contributed by atoms with E-state index >= 15 is 0 Å². The summed E-state index contributed by atoms with van der Waals surface area (Å²) in [6, 6.07) is 3.85. The van der Waals surface area contributed by atoms with Crippen LogP contribution in [0.1, 0.15) is 37.7 Å². The van der Waals surface area contributed by atoms with Gasteiger partial charge in [0.25, 0.3) is 0 Å². The number of nitrogens with one attached hydrogen (secondary N) is 1. The third kappa shape index (κ3) is 4.41. The van der Waals surface area contributed by atoms with Crippen LogP contribution in [0.3, 0.4) is 0 Å². The number of ether oxygens (including phenoxy) is 3. The lowest BCUT2D eigenvalue weighted by Gasteiger charge is -2.15. The van der Waals surface area contributed by atoms with Gasteiger partial charge in [-0.05, 0) is 44.7 Å². The average molecular weight is 305 g/mol. The summed E-state index contributed by atoms with van der Waals surface area (Å²) in [5.41, 5.74) is 2.68. The summed E-state index contributed by atoms with van der Waals surface area (Å²) in [7, 11) is 4.96. The summed E-state index contributed by atoms with van der Waals surface area (Å²) in [5.74, 6) is 2.24. The minimum atomic E-state index is 0.690. The molecule has 0 heterocycles. The summed E-state index contributed by atoms with van der Waals surface area (Å²) in [4.78, 5) is 0. The van der Waals surface area contributed by atoms with Gasteiger partial charge in [0.1, 0.15) is 5.75 Å². The molecule has 0 atom stereocenters. The molecular weight excluding hydrogens is 278 g/mol. The lowest BCUT2D eigenvalue weighted by atomic mass is 9.97. The maximum absolute atomic E-state index is 5.45. The van der Waals surface area contributed by atoms with Crippen molar-refractivity contribution in [2.75, 3.05) is 27.9 Å². The molecule has 0 amide bonds. The Morgan fingerprint density at radius 2 is 1.68 bits per heavy atom. The third-order valence-electron chi connectivity index (χ3n) is 4.11. The van der Waals surface area contributed by atoms with Crippen LogP contribution in [0.4, 0.5) is 0 Å². The van der Waals surface area contributed by atoms with E-state index in [1.807, 2.05) is 12.1 Å². The molecule has 0 unspecified atom stereocenters. The fourth-order valence-corrected chi connectivity index (χ4v) is 2.83. The van der Waals surface area contributed by atoms with Crippen LogP contribution in [0, 0.1) is 0 Å². The lowest BCUT2D eigenvalue weighted by molar-refractivity contribution is 0.347. The number of benzene rings is 1. The van der Waals surface area contributed by atoms with E-state index in [4.69, 9.17) is 14.2 Å². The predicted octanol–water partition coefficient (Wildman–Crippen LogP) is 3.69. The monoisotopic (exact) mass is 305 g/mol. The maximum Gasteiger partial charge on any atom is 0.164 e. The first-order valence-corrected chi connectivity index (χ1v) is 7.96. The molecule has 0 aliphatic heterocycles. The molecule has 1 aromatic rings. The molecule has 1 aromatic carbocycles. The van der Waals surface area contributed by atoms with Gasteiger partial charge in [-0.3, -0.25) is 0 Å². The van der Waals surface area contributed by atoms with Crippen LogP contribution >= 0.6 is 0 Å². The first-order chi connectivity index (χ1) is 10.8. The van der Waals surface area contributed by atoms with Gasteiger partial charge in [0, 0.05) is 18.2 Å². The molecule has 1 N–H and O–H groups in total. The highest BCUT2D eigenvalue weighted by Gasteiger charge is 2.11. The molecule has 0 radical (unpaired) electrons. The normalized spacial score (nSPS) is 14.4. The molecule has 1 aliphatic carbocycles. The van der Waals surface area contributed by atoms with Crippen LogP contribution in [0.15, 0.2) is 23.8 Å².